The smallest absolute Gasteiger partial charge is 0.237 e. The third-order valence-electron chi connectivity index (χ3n) is 8.10. The maximum Gasteiger partial charge on any atom is 0.237 e. The van der Waals surface area contributed by atoms with Gasteiger partial charge in [0.1, 0.15) is 0 Å². The molecule has 2 heterocycles. The molecular weight excluding hydrogens is 449 g/mol. The topological polar surface area (TPSA) is 73.3 Å². The number of benzene rings is 2. The van der Waals surface area contributed by atoms with Gasteiger partial charge in [0.05, 0.1) is 38.5 Å². The van der Waals surface area contributed by atoms with Gasteiger partial charge in [0.2, 0.25) is 12.7 Å². The summed E-state index contributed by atoms with van der Waals surface area (Å²) in [7, 11) is 0. The van der Waals surface area contributed by atoms with E-state index in [4.69, 9.17) is 42.6 Å². The summed E-state index contributed by atoms with van der Waals surface area (Å²) >= 11 is 12.4. The lowest BCUT2D eigenvalue weighted by Crippen LogP contribution is -2.48. The minimum absolute atomic E-state index is 0.122. The fourth-order valence-corrected chi connectivity index (χ4v) is 6.27. The third kappa shape index (κ3) is 2.29. The summed E-state index contributed by atoms with van der Waals surface area (Å²) in [6.07, 6.45) is 1.53. The molecular formula is C24H21Cl2N3O3. The van der Waals surface area contributed by atoms with Crippen LogP contribution in [0, 0.1) is 5.41 Å². The summed E-state index contributed by atoms with van der Waals surface area (Å²) in [5.41, 5.74) is 2.07. The SMILES string of the molecule is CC12CCC(C(=O)Nc3ccc(Cl)cc3Cl)(c3nc4cc5c(cc4nc31)OCO5)C2(C)C. The van der Waals surface area contributed by atoms with Crippen molar-refractivity contribution in [2.24, 2.45) is 5.41 Å². The van der Waals surface area contributed by atoms with Gasteiger partial charge in [-0.1, -0.05) is 44.0 Å². The highest BCUT2D eigenvalue weighted by Gasteiger charge is 2.73. The first-order valence-electron chi connectivity index (χ1n) is 10.6. The third-order valence-corrected chi connectivity index (χ3v) is 8.65. The second-order valence-corrected chi connectivity index (χ2v) is 10.4. The van der Waals surface area contributed by atoms with Crippen LogP contribution in [0.15, 0.2) is 30.3 Å². The normalized spacial score (nSPS) is 26.4. The quantitative estimate of drug-likeness (QED) is 0.525. The highest BCUT2D eigenvalue weighted by atomic mass is 35.5. The summed E-state index contributed by atoms with van der Waals surface area (Å²) < 4.78 is 11.1. The molecule has 2 aromatic carbocycles. The molecule has 3 aliphatic rings. The van der Waals surface area contributed by atoms with Gasteiger partial charge in [0, 0.05) is 22.6 Å². The lowest BCUT2D eigenvalue weighted by molar-refractivity contribution is -0.125. The Hall–Kier alpha value is -2.57. The fourth-order valence-electron chi connectivity index (χ4n) is 5.82. The van der Waals surface area contributed by atoms with Crippen LogP contribution in [-0.2, 0) is 15.6 Å². The lowest BCUT2D eigenvalue weighted by atomic mass is 9.63. The van der Waals surface area contributed by atoms with Gasteiger partial charge >= 0.3 is 0 Å². The van der Waals surface area contributed by atoms with Crippen LogP contribution in [0.2, 0.25) is 10.0 Å². The zero-order valence-electron chi connectivity index (χ0n) is 17.9. The Balaban J connectivity index is 1.53. The number of nitrogens with zero attached hydrogens (tertiary/aromatic N) is 2. The molecule has 1 aliphatic heterocycles. The van der Waals surface area contributed by atoms with Crippen molar-refractivity contribution in [1.29, 1.82) is 0 Å². The Morgan fingerprint density at radius 2 is 1.62 bits per heavy atom. The van der Waals surface area contributed by atoms with Crippen LogP contribution in [0.3, 0.4) is 0 Å². The van der Waals surface area contributed by atoms with Crippen LogP contribution in [0.1, 0.15) is 45.0 Å². The van der Waals surface area contributed by atoms with E-state index >= 15 is 0 Å². The molecule has 6 rings (SSSR count). The number of ether oxygens (including phenoxy) is 2. The molecule has 1 N–H and O–H groups in total. The van der Waals surface area contributed by atoms with Crippen molar-refractivity contribution in [3.8, 4) is 11.5 Å². The molecule has 0 radical (unpaired) electrons. The van der Waals surface area contributed by atoms with E-state index in [1.807, 2.05) is 12.1 Å². The first-order chi connectivity index (χ1) is 15.2. The number of anilines is 1. The number of carbonyl (C=O) groups excluding carboxylic acids is 1. The molecule has 1 fully saturated rings. The van der Waals surface area contributed by atoms with E-state index in [1.165, 1.54) is 0 Å². The van der Waals surface area contributed by atoms with Crippen molar-refractivity contribution in [3.63, 3.8) is 0 Å². The zero-order valence-corrected chi connectivity index (χ0v) is 19.4. The molecule has 1 aromatic heterocycles. The Morgan fingerprint density at radius 1 is 0.969 bits per heavy atom. The maximum absolute atomic E-state index is 14.0. The molecule has 2 atom stereocenters. The second-order valence-electron chi connectivity index (χ2n) is 9.56. The second kappa shape index (κ2) is 6.27. The predicted octanol–water partition coefficient (Wildman–Crippen LogP) is 5.63. The van der Waals surface area contributed by atoms with Crippen molar-refractivity contribution in [2.75, 3.05) is 12.1 Å². The molecule has 8 heteroatoms. The van der Waals surface area contributed by atoms with Crippen LogP contribution < -0.4 is 14.8 Å². The molecule has 0 spiro atoms. The molecule has 2 bridgehead atoms. The van der Waals surface area contributed by atoms with Crippen LogP contribution in [0.4, 0.5) is 5.69 Å². The van der Waals surface area contributed by atoms with Gasteiger partial charge in [-0.15, -0.1) is 0 Å². The maximum atomic E-state index is 14.0. The number of carbonyl (C=O) groups is 1. The predicted molar refractivity (Wildman–Crippen MR) is 123 cm³/mol. The van der Waals surface area contributed by atoms with E-state index in [0.717, 1.165) is 23.3 Å². The average Bonchev–Trinajstić information content (AvgIpc) is 3.32. The van der Waals surface area contributed by atoms with E-state index < -0.39 is 10.8 Å². The van der Waals surface area contributed by atoms with Crippen LogP contribution >= 0.6 is 23.2 Å². The number of aromatic nitrogens is 2. The van der Waals surface area contributed by atoms with Crippen LogP contribution in [0.5, 0.6) is 11.5 Å². The summed E-state index contributed by atoms with van der Waals surface area (Å²) in [5.74, 6) is 1.19. The molecule has 1 amide bonds. The summed E-state index contributed by atoms with van der Waals surface area (Å²) in [6.45, 7) is 6.66. The van der Waals surface area contributed by atoms with E-state index in [1.54, 1.807) is 18.2 Å². The standard InChI is InChI=1S/C24H21Cl2N3O3/c1-22(2)23(3)6-7-24(22,21(30)29-14-5-4-12(25)8-13(14)26)20-19(23)27-15-9-17-18(32-11-31-17)10-16(15)28-20/h4-5,8-10H,6-7,11H2,1-3H3,(H,29,30). The van der Waals surface area contributed by atoms with E-state index in [0.29, 0.717) is 39.2 Å². The first-order valence-corrected chi connectivity index (χ1v) is 11.3. The molecule has 32 heavy (non-hydrogen) atoms. The fraction of sp³-hybridized carbons (Fsp3) is 0.375. The number of nitrogens with one attached hydrogen (secondary N) is 1. The summed E-state index contributed by atoms with van der Waals surface area (Å²) in [6, 6.07) is 8.77. The Bertz CT molecular complexity index is 1340. The number of amides is 1. The molecule has 3 aromatic rings. The average molecular weight is 470 g/mol. The highest BCUT2D eigenvalue weighted by Crippen LogP contribution is 2.70. The van der Waals surface area contributed by atoms with Crippen LogP contribution in [-0.4, -0.2) is 22.7 Å². The van der Waals surface area contributed by atoms with Gasteiger partial charge in [0.25, 0.3) is 0 Å². The van der Waals surface area contributed by atoms with Gasteiger partial charge in [-0.25, -0.2) is 9.97 Å². The monoisotopic (exact) mass is 469 g/mol. The molecule has 1 saturated carbocycles. The number of rotatable bonds is 2. The summed E-state index contributed by atoms with van der Waals surface area (Å²) in [5, 5.41) is 3.97. The zero-order chi connectivity index (χ0) is 22.5. The highest BCUT2D eigenvalue weighted by molar-refractivity contribution is 6.36. The molecule has 2 unspecified atom stereocenters. The minimum Gasteiger partial charge on any atom is -0.454 e. The van der Waals surface area contributed by atoms with E-state index in [9.17, 15) is 4.79 Å². The number of halogens is 2. The minimum atomic E-state index is -0.836. The number of hydrogen-bond acceptors (Lipinski definition) is 5. The van der Waals surface area contributed by atoms with Crippen molar-refractivity contribution in [2.45, 2.75) is 44.4 Å². The Morgan fingerprint density at radius 3 is 2.28 bits per heavy atom. The van der Waals surface area contributed by atoms with Crippen molar-refractivity contribution in [3.05, 3.63) is 51.8 Å². The molecule has 6 nitrogen and oxygen atoms in total. The van der Waals surface area contributed by atoms with Crippen molar-refractivity contribution < 1.29 is 14.3 Å². The lowest BCUT2D eigenvalue weighted by Gasteiger charge is -2.39. The molecule has 0 saturated heterocycles. The van der Waals surface area contributed by atoms with Gasteiger partial charge in [-0.3, -0.25) is 4.79 Å². The van der Waals surface area contributed by atoms with Crippen molar-refractivity contribution >= 4 is 45.8 Å². The van der Waals surface area contributed by atoms with Crippen LogP contribution in [0.25, 0.3) is 11.0 Å². The Labute approximate surface area is 195 Å². The molecule has 2 aliphatic carbocycles. The molecule has 164 valence electrons. The van der Waals surface area contributed by atoms with E-state index in [2.05, 4.69) is 26.1 Å². The Kier molecular flexibility index (Phi) is 3.93. The van der Waals surface area contributed by atoms with Gasteiger partial charge in [0.15, 0.2) is 11.5 Å². The summed E-state index contributed by atoms with van der Waals surface area (Å²) in [4.78, 5) is 24.0. The first kappa shape index (κ1) is 20.1. The van der Waals surface area contributed by atoms with Crippen molar-refractivity contribution in [1.82, 2.24) is 9.97 Å². The number of hydrogen-bond donors (Lipinski definition) is 1. The largest absolute Gasteiger partial charge is 0.454 e. The van der Waals surface area contributed by atoms with Gasteiger partial charge in [-0.2, -0.15) is 0 Å². The number of fused-ring (bicyclic) bond motifs is 7. The van der Waals surface area contributed by atoms with Gasteiger partial charge < -0.3 is 14.8 Å². The van der Waals surface area contributed by atoms with E-state index in [-0.39, 0.29) is 18.1 Å². The van der Waals surface area contributed by atoms with Gasteiger partial charge in [-0.05, 0) is 36.5 Å².